The Bertz CT molecular complexity index is 707. The Morgan fingerprint density at radius 3 is 1.66 bits per heavy atom. The van der Waals surface area contributed by atoms with Crippen molar-refractivity contribution in [1.82, 2.24) is 5.32 Å². The molecule has 0 aliphatic rings. The van der Waals surface area contributed by atoms with E-state index in [-0.39, 0.29) is 0 Å². The van der Waals surface area contributed by atoms with E-state index in [1.165, 1.54) is 37.3 Å². The van der Waals surface area contributed by atoms with E-state index in [4.69, 9.17) is 0 Å². The van der Waals surface area contributed by atoms with Gasteiger partial charge in [-0.15, -0.1) is 0 Å². The molecule has 0 spiro atoms. The summed E-state index contributed by atoms with van der Waals surface area (Å²) in [5.74, 6) is 0.430. The summed E-state index contributed by atoms with van der Waals surface area (Å²) in [5.41, 5.74) is 0.0273. The number of hydrogen-bond donors (Lipinski definition) is 2. The van der Waals surface area contributed by atoms with Crippen molar-refractivity contribution in [3.8, 4) is 0 Å². The maximum Gasteiger partial charge on any atom is 0.418 e. The summed E-state index contributed by atoms with van der Waals surface area (Å²) in [6.07, 6.45) is 4.12. The van der Waals surface area contributed by atoms with E-state index in [1.807, 2.05) is 0 Å². The van der Waals surface area contributed by atoms with Crippen LogP contribution in [0.4, 0.5) is 13.2 Å². The highest BCUT2D eigenvalue weighted by Crippen LogP contribution is 2.32. The van der Waals surface area contributed by atoms with Gasteiger partial charge in [-0.25, -0.2) is 0 Å². The van der Waals surface area contributed by atoms with Crippen LogP contribution in [0.1, 0.15) is 82.3 Å². The van der Waals surface area contributed by atoms with Gasteiger partial charge < -0.3 is 10.4 Å². The number of unbranched alkanes of at least 4 members (excludes halogenated alkanes) is 6. The highest BCUT2D eigenvalue weighted by atomic mass is 19.4. The third-order valence-corrected chi connectivity index (χ3v) is 6.44. The molecule has 2 aromatic carbocycles. The van der Waals surface area contributed by atoms with Gasteiger partial charge in [0, 0.05) is 12.0 Å². The maximum atomic E-state index is 12.8. The molecule has 0 heterocycles. The van der Waals surface area contributed by atoms with E-state index in [9.17, 15) is 18.3 Å². The first-order valence-corrected chi connectivity index (χ1v) is 11.9. The van der Waals surface area contributed by atoms with Gasteiger partial charge in [0.1, 0.15) is 0 Å². The molecule has 0 unspecified atom stereocenters. The van der Waals surface area contributed by atoms with Crippen molar-refractivity contribution in [3.05, 3.63) is 71.8 Å². The molecule has 0 aromatic heterocycles. The molecule has 5 heteroatoms. The Kier molecular flexibility index (Phi) is 10.7. The van der Waals surface area contributed by atoms with Gasteiger partial charge in [0.2, 0.25) is 0 Å². The van der Waals surface area contributed by atoms with Crippen molar-refractivity contribution in [2.45, 2.75) is 89.0 Å². The summed E-state index contributed by atoms with van der Waals surface area (Å²) in [4.78, 5) is 0. The Labute approximate surface area is 191 Å². The molecule has 2 aromatic rings. The molecule has 2 N–H and O–H groups in total. The van der Waals surface area contributed by atoms with E-state index < -0.39 is 17.8 Å². The van der Waals surface area contributed by atoms with Crippen LogP contribution in [0.3, 0.4) is 0 Å². The van der Waals surface area contributed by atoms with Crippen LogP contribution in [0.2, 0.25) is 0 Å². The minimum atomic E-state index is -4.63. The maximum absolute atomic E-state index is 12.8. The number of halogens is 3. The third-order valence-electron chi connectivity index (χ3n) is 6.44. The lowest BCUT2D eigenvalue weighted by atomic mass is 9.87. The van der Waals surface area contributed by atoms with Crippen LogP contribution in [0.25, 0.3) is 0 Å². The third kappa shape index (κ3) is 8.25. The van der Waals surface area contributed by atoms with Crippen molar-refractivity contribution < 1.29 is 18.3 Å². The lowest BCUT2D eigenvalue weighted by Crippen LogP contribution is -2.56. The van der Waals surface area contributed by atoms with Crippen LogP contribution in [-0.4, -0.2) is 29.5 Å². The van der Waals surface area contributed by atoms with Gasteiger partial charge in [-0.3, -0.25) is 0 Å². The van der Waals surface area contributed by atoms with Crippen molar-refractivity contribution in [3.63, 3.8) is 0 Å². The van der Waals surface area contributed by atoms with Gasteiger partial charge in [0.25, 0.3) is 0 Å². The van der Waals surface area contributed by atoms with Gasteiger partial charge in [-0.05, 0) is 44.4 Å². The largest absolute Gasteiger partial charge is 0.418 e. The lowest BCUT2D eigenvalue weighted by Gasteiger charge is -2.32. The number of benzene rings is 2. The van der Waals surface area contributed by atoms with Crippen molar-refractivity contribution in [2.75, 3.05) is 6.54 Å². The minimum absolute atomic E-state index is 0.430. The highest BCUT2D eigenvalue weighted by Gasteiger charge is 2.53. The van der Waals surface area contributed by atoms with Gasteiger partial charge in [-0.2, -0.15) is 13.2 Å². The van der Waals surface area contributed by atoms with Crippen LogP contribution in [-0.2, 0) is 0 Å². The molecule has 2 atom stereocenters. The highest BCUT2D eigenvalue weighted by molar-refractivity contribution is 5.32. The molecule has 32 heavy (non-hydrogen) atoms. The SMILES string of the molecule is C[C@H](NCCCCCCCCCC(c1ccccc1)c1ccccc1)[C@](C)(O)C(F)(F)F. The second-order valence-corrected chi connectivity index (χ2v) is 8.96. The quantitative estimate of drug-likeness (QED) is 0.298. The van der Waals surface area contributed by atoms with Crippen molar-refractivity contribution >= 4 is 0 Å². The van der Waals surface area contributed by atoms with E-state index >= 15 is 0 Å². The standard InChI is InChI=1S/C27H38F3NO/c1-22(26(2,32)27(28,29)30)31-21-15-7-5-3-4-6-14-20-25(23-16-10-8-11-17-23)24-18-12-9-13-19-24/h8-13,16-19,22,25,31-32H,3-7,14-15,20-21H2,1-2H3/t22-,26-/m0/s1. The predicted molar refractivity (Wildman–Crippen MR) is 126 cm³/mol. The smallest absolute Gasteiger partial charge is 0.379 e. The molecule has 0 radical (unpaired) electrons. The molecule has 0 saturated carbocycles. The molecule has 0 aliphatic carbocycles. The second kappa shape index (κ2) is 13.0. The van der Waals surface area contributed by atoms with E-state index in [1.54, 1.807) is 0 Å². The fourth-order valence-electron chi connectivity index (χ4n) is 4.02. The summed E-state index contributed by atoms with van der Waals surface area (Å²) in [5, 5.41) is 12.5. The predicted octanol–water partition coefficient (Wildman–Crippen LogP) is 7.23. The number of rotatable bonds is 14. The number of hydrogen-bond acceptors (Lipinski definition) is 2. The fourth-order valence-corrected chi connectivity index (χ4v) is 4.02. The summed E-state index contributed by atoms with van der Waals surface area (Å²) >= 11 is 0. The van der Waals surface area contributed by atoms with Gasteiger partial charge >= 0.3 is 6.18 Å². The molecular weight excluding hydrogens is 411 g/mol. The molecule has 0 amide bonds. The number of aliphatic hydroxyl groups is 1. The first kappa shape index (κ1) is 26.4. The summed E-state index contributed by atoms with van der Waals surface area (Å²) < 4.78 is 38.4. The second-order valence-electron chi connectivity index (χ2n) is 8.96. The topological polar surface area (TPSA) is 32.3 Å². The van der Waals surface area contributed by atoms with Crippen molar-refractivity contribution in [1.29, 1.82) is 0 Å². The first-order valence-electron chi connectivity index (χ1n) is 11.9. The molecule has 0 bridgehead atoms. The molecule has 178 valence electrons. The average Bonchev–Trinajstić information content (AvgIpc) is 2.77. The monoisotopic (exact) mass is 449 g/mol. The summed E-state index contributed by atoms with van der Waals surface area (Å²) in [6, 6.07) is 20.3. The minimum Gasteiger partial charge on any atom is -0.379 e. The zero-order valence-corrected chi connectivity index (χ0v) is 19.4. The Hall–Kier alpha value is -1.85. The van der Waals surface area contributed by atoms with E-state index in [2.05, 4.69) is 66.0 Å². The van der Waals surface area contributed by atoms with Crippen LogP contribution < -0.4 is 5.32 Å². The number of alkyl halides is 3. The molecule has 0 aliphatic heterocycles. The van der Waals surface area contributed by atoms with Gasteiger partial charge in [0.15, 0.2) is 5.60 Å². The van der Waals surface area contributed by atoms with Crippen LogP contribution in [0.15, 0.2) is 60.7 Å². The zero-order chi connectivity index (χ0) is 23.5. The van der Waals surface area contributed by atoms with E-state index in [0.29, 0.717) is 12.5 Å². The average molecular weight is 450 g/mol. The normalized spacial score (nSPS) is 15.0. The fraction of sp³-hybridized carbons (Fsp3) is 0.556. The Morgan fingerprint density at radius 1 is 0.750 bits per heavy atom. The zero-order valence-electron chi connectivity index (χ0n) is 19.4. The first-order chi connectivity index (χ1) is 15.2. The molecule has 2 rings (SSSR count). The summed E-state index contributed by atoms with van der Waals surface area (Å²) in [6.45, 7) is 2.69. The van der Waals surface area contributed by atoms with Crippen LogP contribution >= 0.6 is 0 Å². The Balaban J connectivity index is 1.60. The molecule has 2 nitrogen and oxygen atoms in total. The van der Waals surface area contributed by atoms with Crippen LogP contribution in [0, 0.1) is 0 Å². The molecular formula is C27H38F3NO. The van der Waals surface area contributed by atoms with E-state index in [0.717, 1.165) is 39.0 Å². The molecule has 0 fully saturated rings. The van der Waals surface area contributed by atoms with Gasteiger partial charge in [-0.1, -0.05) is 99.2 Å². The van der Waals surface area contributed by atoms with Gasteiger partial charge in [0.05, 0.1) is 0 Å². The van der Waals surface area contributed by atoms with Crippen LogP contribution in [0.5, 0.6) is 0 Å². The van der Waals surface area contributed by atoms with Crippen molar-refractivity contribution in [2.24, 2.45) is 0 Å². The lowest BCUT2D eigenvalue weighted by molar-refractivity contribution is -0.261. The Morgan fingerprint density at radius 2 is 1.19 bits per heavy atom. The number of nitrogens with one attached hydrogen (secondary N) is 1. The molecule has 0 saturated heterocycles. The summed E-state index contributed by atoms with van der Waals surface area (Å²) in [7, 11) is 0.